The first-order valence-corrected chi connectivity index (χ1v) is 11.8. The molecule has 0 spiro atoms. The molecule has 0 aliphatic carbocycles. The van der Waals surface area contributed by atoms with E-state index >= 15 is 0 Å². The molecule has 0 unspecified atom stereocenters. The molecule has 4 aromatic rings. The third-order valence-electron chi connectivity index (χ3n) is 4.32. The van der Waals surface area contributed by atoms with Crippen molar-refractivity contribution in [1.82, 2.24) is 20.2 Å². The number of carbonyl (C=O) groups excluding carboxylic acids is 2. The molecule has 33 heavy (non-hydrogen) atoms. The Balaban J connectivity index is 1.41. The number of amides is 2. The minimum Gasteiger partial charge on any atom is -0.326 e. The zero-order valence-electron chi connectivity index (χ0n) is 17.6. The van der Waals surface area contributed by atoms with Crippen molar-refractivity contribution in [3.05, 3.63) is 78.9 Å². The predicted octanol–water partition coefficient (Wildman–Crippen LogP) is 4.50. The first-order valence-electron chi connectivity index (χ1n) is 9.99. The zero-order chi connectivity index (χ0) is 23.0. The summed E-state index contributed by atoms with van der Waals surface area (Å²) in [6.07, 6.45) is 0. The Hall–Kier alpha value is -3.63. The van der Waals surface area contributed by atoms with E-state index in [2.05, 4.69) is 26.2 Å². The molecule has 2 N–H and O–H groups in total. The summed E-state index contributed by atoms with van der Waals surface area (Å²) in [6, 6.07) is 24.8. The van der Waals surface area contributed by atoms with Gasteiger partial charge in [0, 0.05) is 22.4 Å². The number of anilines is 2. The fourth-order valence-electron chi connectivity index (χ4n) is 2.94. The highest BCUT2D eigenvalue weighted by Crippen LogP contribution is 2.33. The number of hydrogen-bond acceptors (Lipinski definition) is 7. The fourth-order valence-corrected chi connectivity index (χ4v) is 4.55. The molecule has 3 aromatic carbocycles. The van der Waals surface area contributed by atoms with Crippen LogP contribution in [0.5, 0.6) is 0 Å². The lowest BCUT2D eigenvalue weighted by molar-refractivity contribution is -0.114. The molecular weight excluding hydrogens is 456 g/mol. The maximum absolute atomic E-state index is 12.7. The monoisotopic (exact) mass is 476 g/mol. The Morgan fingerprint density at radius 2 is 1.73 bits per heavy atom. The van der Waals surface area contributed by atoms with E-state index in [1.807, 2.05) is 60.7 Å². The highest BCUT2D eigenvalue weighted by atomic mass is 32.2. The van der Waals surface area contributed by atoms with Crippen LogP contribution >= 0.6 is 23.5 Å². The average molecular weight is 477 g/mol. The molecule has 0 saturated carbocycles. The molecule has 0 fully saturated rings. The topological polar surface area (TPSA) is 102 Å². The first kappa shape index (κ1) is 22.6. The number of aromatic nitrogens is 4. The van der Waals surface area contributed by atoms with E-state index in [-0.39, 0.29) is 17.6 Å². The summed E-state index contributed by atoms with van der Waals surface area (Å²) in [4.78, 5) is 26.0. The van der Waals surface area contributed by atoms with Crippen LogP contribution in [0, 0.1) is 0 Å². The van der Waals surface area contributed by atoms with Crippen molar-refractivity contribution in [3.63, 3.8) is 0 Å². The number of para-hydroxylation sites is 1. The number of tetrazole rings is 1. The smallest absolute Gasteiger partial charge is 0.234 e. The summed E-state index contributed by atoms with van der Waals surface area (Å²) in [7, 11) is 0. The highest BCUT2D eigenvalue weighted by Gasteiger charge is 2.14. The van der Waals surface area contributed by atoms with Crippen LogP contribution in [0.1, 0.15) is 6.92 Å². The second-order valence-corrected chi connectivity index (χ2v) is 8.91. The van der Waals surface area contributed by atoms with Gasteiger partial charge in [0.2, 0.25) is 17.0 Å². The normalized spacial score (nSPS) is 10.6. The van der Waals surface area contributed by atoms with Gasteiger partial charge in [-0.1, -0.05) is 59.9 Å². The van der Waals surface area contributed by atoms with Crippen molar-refractivity contribution >= 4 is 46.7 Å². The second-order valence-electron chi connectivity index (χ2n) is 6.85. The Labute approximate surface area is 199 Å². The van der Waals surface area contributed by atoms with Gasteiger partial charge < -0.3 is 10.6 Å². The molecule has 10 heteroatoms. The zero-order valence-corrected chi connectivity index (χ0v) is 19.3. The maximum atomic E-state index is 12.7. The Morgan fingerprint density at radius 3 is 2.55 bits per heavy atom. The van der Waals surface area contributed by atoms with Gasteiger partial charge in [-0.05, 0) is 52.9 Å². The summed E-state index contributed by atoms with van der Waals surface area (Å²) in [5.41, 5.74) is 2.06. The Kier molecular flexibility index (Phi) is 7.38. The largest absolute Gasteiger partial charge is 0.326 e. The van der Waals surface area contributed by atoms with Crippen molar-refractivity contribution in [2.75, 3.05) is 16.4 Å². The van der Waals surface area contributed by atoms with Crippen molar-refractivity contribution in [3.8, 4) is 5.69 Å². The van der Waals surface area contributed by atoms with Gasteiger partial charge in [0.1, 0.15) is 0 Å². The average Bonchev–Trinajstić information content (AvgIpc) is 3.28. The number of hydrogen-bond donors (Lipinski definition) is 2. The molecule has 0 atom stereocenters. The van der Waals surface area contributed by atoms with Crippen molar-refractivity contribution in [2.45, 2.75) is 21.9 Å². The number of benzene rings is 3. The van der Waals surface area contributed by atoms with Crippen molar-refractivity contribution < 1.29 is 9.59 Å². The molecular formula is C23H20N6O2S2. The van der Waals surface area contributed by atoms with Gasteiger partial charge >= 0.3 is 0 Å². The third kappa shape index (κ3) is 6.21. The third-order valence-corrected chi connectivity index (χ3v) is 6.32. The van der Waals surface area contributed by atoms with Crippen molar-refractivity contribution in [1.29, 1.82) is 0 Å². The molecule has 0 saturated heterocycles. The van der Waals surface area contributed by atoms with Crippen LogP contribution in [-0.4, -0.2) is 37.8 Å². The van der Waals surface area contributed by atoms with E-state index in [0.717, 1.165) is 15.5 Å². The van der Waals surface area contributed by atoms with Gasteiger partial charge in [-0.3, -0.25) is 9.59 Å². The van der Waals surface area contributed by atoms with E-state index in [4.69, 9.17) is 0 Å². The lowest BCUT2D eigenvalue weighted by Crippen LogP contribution is -2.15. The first-order chi connectivity index (χ1) is 16.1. The van der Waals surface area contributed by atoms with E-state index in [1.165, 1.54) is 23.4 Å². The Morgan fingerprint density at radius 1 is 0.939 bits per heavy atom. The molecule has 0 radical (unpaired) electrons. The van der Waals surface area contributed by atoms with Crippen LogP contribution in [0.25, 0.3) is 5.69 Å². The van der Waals surface area contributed by atoms with Crippen LogP contribution in [0.15, 0.2) is 93.8 Å². The summed E-state index contributed by atoms with van der Waals surface area (Å²) in [5.74, 6) is -0.195. The molecule has 4 rings (SSSR count). The van der Waals surface area contributed by atoms with Crippen molar-refractivity contribution in [2.24, 2.45) is 0 Å². The SMILES string of the molecule is CC(=O)Nc1cccc(-n2nnnc2SCC(=O)Nc2ccccc2Sc2ccccc2)c1. The predicted molar refractivity (Wildman–Crippen MR) is 130 cm³/mol. The molecule has 1 aromatic heterocycles. The Bertz CT molecular complexity index is 1260. The molecule has 166 valence electrons. The van der Waals surface area contributed by atoms with Gasteiger partial charge in [-0.25, -0.2) is 0 Å². The standard InChI is InChI=1S/C23H20N6O2S2/c1-16(30)24-17-8-7-9-18(14-17)29-23(26-27-28-29)32-15-22(31)25-20-12-5-6-13-21(20)33-19-10-3-2-4-11-19/h2-14H,15H2,1H3,(H,24,30)(H,25,31). The molecule has 8 nitrogen and oxygen atoms in total. The van der Waals surface area contributed by atoms with Gasteiger partial charge in [0.25, 0.3) is 0 Å². The molecule has 2 amide bonds. The van der Waals surface area contributed by atoms with E-state index in [9.17, 15) is 9.59 Å². The quantitative estimate of drug-likeness (QED) is 0.361. The van der Waals surface area contributed by atoms with Gasteiger partial charge in [0.15, 0.2) is 0 Å². The molecule has 0 aliphatic heterocycles. The molecule has 0 aliphatic rings. The lowest BCUT2D eigenvalue weighted by Gasteiger charge is -2.11. The fraction of sp³-hybridized carbons (Fsp3) is 0.0870. The summed E-state index contributed by atoms with van der Waals surface area (Å²) >= 11 is 2.82. The summed E-state index contributed by atoms with van der Waals surface area (Å²) < 4.78 is 1.53. The van der Waals surface area contributed by atoms with Gasteiger partial charge in [-0.2, -0.15) is 4.68 Å². The van der Waals surface area contributed by atoms with Crippen LogP contribution in [0.2, 0.25) is 0 Å². The number of thioether (sulfide) groups is 1. The number of nitrogens with one attached hydrogen (secondary N) is 2. The van der Waals surface area contributed by atoms with Gasteiger partial charge in [-0.15, -0.1) is 5.10 Å². The maximum Gasteiger partial charge on any atom is 0.234 e. The van der Waals surface area contributed by atoms with Gasteiger partial charge in [0.05, 0.1) is 17.1 Å². The van der Waals surface area contributed by atoms with E-state index in [0.29, 0.717) is 16.5 Å². The number of nitrogens with zero attached hydrogens (tertiary/aromatic N) is 4. The molecule has 0 bridgehead atoms. The summed E-state index contributed by atoms with van der Waals surface area (Å²) in [5, 5.41) is 18.0. The lowest BCUT2D eigenvalue weighted by atomic mass is 10.3. The van der Waals surface area contributed by atoms with E-state index < -0.39 is 0 Å². The van der Waals surface area contributed by atoms with Crippen LogP contribution < -0.4 is 10.6 Å². The molecule has 1 heterocycles. The van der Waals surface area contributed by atoms with E-state index in [1.54, 1.807) is 30.0 Å². The minimum absolute atomic E-state index is 0.135. The van der Waals surface area contributed by atoms with Crippen LogP contribution in [0.4, 0.5) is 11.4 Å². The second kappa shape index (κ2) is 10.8. The summed E-state index contributed by atoms with van der Waals surface area (Å²) in [6.45, 7) is 1.44. The number of rotatable bonds is 8. The number of carbonyl (C=O) groups is 2. The minimum atomic E-state index is -0.166. The van der Waals surface area contributed by atoms with Crippen LogP contribution in [-0.2, 0) is 9.59 Å². The highest BCUT2D eigenvalue weighted by molar-refractivity contribution is 8.00. The van der Waals surface area contributed by atoms with Crippen LogP contribution in [0.3, 0.4) is 0 Å².